The Labute approximate surface area is 149 Å². The minimum Gasteiger partial charge on any atom is -0.493 e. The molecular weight excluding hydrogens is 338 g/mol. The van der Waals surface area contributed by atoms with Gasteiger partial charge in [0.2, 0.25) is 5.91 Å². The zero-order valence-corrected chi connectivity index (χ0v) is 14.7. The Bertz CT molecular complexity index is 865. The zero-order valence-electron chi connectivity index (χ0n) is 13.9. The minimum absolute atomic E-state index is 0.140. The molecule has 1 aromatic carbocycles. The number of pyridine rings is 1. The third-order valence-corrected chi connectivity index (χ3v) is 4.40. The van der Waals surface area contributed by atoms with Crippen LogP contribution in [-0.2, 0) is 11.2 Å². The molecule has 0 saturated heterocycles. The molecule has 0 aliphatic carbocycles. The molecule has 3 rings (SSSR count). The summed E-state index contributed by atoms with van der Waals surface area (Å²) in [7, 11) is 3.14. The van der Waals surface area contributed by atoms with E-state index >= 15 is 0 Å². The number of nitrogens with zero attached hydrogens (tertiary/aromatic N) is 2. The van der Waals surface area contributed by atoms with E-state index in [-0.39, 0.29) is 12.3 Å². The molecule has 128 valence electrons. The molecule has 0 saturated carbocycles. The van der Waals surface area contributed by atoms with Crippen molar-refractivity contribution in [3.63, 3.8) is 0 Å². The van der Waals surface area contributed by atoms with Gasteiger partial charge in [0.15, 0.2) is 11.5 Å². The van der Waals surface area contributed by atoms with E-state index in [1.807, 2.05) is 23.6 Å². The summed E-state index contributed by atoms with van der Waals surface area (Å²) in [5.74, 6) is 1.63. The van der Waals surface area contributed by atoms with Crippen LogP contribution < -0.4 is 14.8 Å². The third kappa shape index (κ3) is 4.13. The first kappa shape index (κ1) is 16.9. The van der Waals surface area contributed by atoms with Crippen LogP contribution >= 0.6 is 11.3 Å². The summed E-state index contributed by atoms with van der Waals surface area (Å²) in [6, 6.07) is 9.18. The highest BCUT2D eigenvalue weighted by molar-refractivity contribution is 7.13. The zero-order chi connectivity index (χ0) is 17.6. The van der Waals surface area contributed by atoms with Crippen LogP contribution in [0.5, 0.6) is 11.5 Å². The summed E-state index contributed by atoms with van der Waals surface area (Å²) in [5, 5.41) is 5.48. The molecule has 2 heterocycles. The van der Waals surface area contributed by atoms with Crippen LogP contribution in [0.3, 0.4) is 0 Å². The van der Waals surface area contributed by atoms with Crippen LogP contribution in [0, 0.1) is 0 Å². The first-order valence-corrected chi connectivity index (χ1v) is 8.44. The topological polar surface area (TPSA) is 73.3 Å². The number of benzene rings is 1. The normalized spacial score (nSPS) is 10.3. The van der Waals surface area contributed by atoms with Gasteiger partial charge >= 0.3 is 0 Å². The Kier molecular flexibility index (Phi) is 5.25. The molecule has 6 nitrogen and oxygen atoms in total. The average Bonchev–Trinajstić information content (AvgIpc) is 3.10. The van der Waals surface area contributed by atoms with Gasteiger partial charge in [-0.25, -0.2) is 4.98 Å². The predicted octanol–water partition coefficient (Wildman–Crippen LogP) is 3.40. The number of anilines is 1. The number of hydrogen-bond acceptors (Lipinski definition) is 6. The van der Waals surface area contributed by atoms with Crippen molar-refractivity contribution >= 4 is 23.1 Å². The Morgan fingerprint density at radius 2 is 1.88 bits per heavy atom. The molecule has 1 amide bonds. The largest absolute Gasteiger partial charge is 0.493 e. The van der Waals surface area contributed by atoms with Crippen molar-refractivity contribution in [3.8, 4) is 22.1 Å². The number of amides is 1. The van der Waals surface area contributed by atoms with Crippen molar-refractivity contribution in [2.24, 2.45) is 0 Å². The Morgan fingerprint density at radius 1 is 1.12 bits per heavy atom. The molecule has 0 bridgehead atoms. The van der Waals surface area contributed by atoms with Crippen molar-refractivity contribution in [2.45, 2.75) is 6.42 Å². The van der Waals surface area contributed by atoms with Gasteiger partial charge in [-0.2, -0.15) is 0 Å². The van der Waals surface area contributed by atoms with E-state index in [1.165, 1.54) is 11.3 Å². The van der Waals surface area contributed by atoms with E-state index in [1.54, 1.807) is 38.7 Å². The molecule has 0 radical (unpaired) electrons. The molecule has 7 heteroatoms. The molecule has 0 fully saturated rings. The maximum absolute atomic E-state index is 12.3. The predicted molar refractivity (Wildman–Crippen MR) is 97.2 cm³/mol. The quantitative estimate of drug-likeness (QED) is 0.733. The molecule has 2 aromatic heterocycles. The van der Waals surface area contributed by atoms with Crippen LogP contribution in [0.2, 0.25) is 0 Å². The lowest BCUT2D eigenvalue weighted by molar-refractivity contribution is -0.115. The second-order valence-corrected chi connectivity index (χ2v) is 6.05. The summed E-state index contributed by atoms with van der Waals surface area (Å²) in [4.78, 5) is 20.7. The number of rotatable bonds is 6. The van der Waals surface area contributed by atoms with Crippen molar-refractivity contribution in [1.29, 1.82) is 0 Å². The standard InChI is InChI=1S/C18H17N3O3S/c1-23-14-4-3-12(9-15(14)24-2)10-17(22)20-16-11-25-18(21-16)13-5-7-19-8-6-13/h3-9,11H,10H2,1-2H3,(H,20,22). The van der Waals surface area contributed by atoms with Crippen molar-refractivity contribution in [2.75, 3.05) is 19.5 Å². The van der Waals surface area contributed by atoms with Crippen molar-refractivity contribution in [3.05, 3.63) is 53.7 Å². The molecule has 0 unspecified atom stereocenters. The molecule has 1 N–H and O–H groups in total. The second kappa shape index (κ2) is 7.76. The number of carbonyl (C=O) groups is 1. The van der Waals surface area contributed by atoms with Gasteiger partial charge in [-0.3, -0.25) is 9.78 Å². The van der Waals surface area contributed by atoms with Crippen molar-refractivity contribution < 1.29 is 14.3 Å². The van der Waals surface area contributed by atoms with Crippen LogP contribution in [0.4, 0.5) is 5.82 Å². The number of hydrogen-bond donors (Lipinski definition) is 1. The van der Waals surface area contributed by atoms with Crippen LogP contribution in [-0.4, -0.2) is 30.1 Å². The fraction of sp³-hybridized carbons (Fsp3) is 0.167. The fourth-order valence-corrected chi connectivity index (χ4v) is 3.08. The number of thiazole rings is 1. The van der Waals surface area contributed by atoms with Gasteiger partial charge in [-0.15, -0.1) is 11.3 Å². The van der Waals surface area contributed by atoms with Gasteiger partial charge in [-0.1, -0.05) is 6.07 Å². The van der Waals surface area contributed by atoms with Gasteiger partial charge < -0.3 is 14.8 Å². The summed E-state index contributed by atoms with van der Waals surface area (Å²) in [5.41, 5.74) is 1.81. The number of carbonyl (C=O) groups excluding carboxylic acids is 1. The summed E-state index contributed by atoms with van der Waals surface area (Å²) >= 11 is 1.47. The smallest absolute Gasteiger partial charge is 0.229 e. The van der Waals surface area contributed by atoms with Gasteiger partial charge in [0.1, 0.15) is 10.8 Å². The first-order valence-electron chi connectivity index (χ1n) is 7.56. The molecular formula is C18H17N3O3S. The average molecular weight is 355 g/mol. The van der Waals surface area contributed by atoms with E-state index in [4.69, 9.17) is 9.47 Å². The first-order chi connectivity index (χ1) is 12.2. The van der Waals surface area contributed by atoms with E-state index in [0.29, 0.717) is 17.3 Å². The second-order valence-electron chi connectivity index (χ2n) is 5.19. The summed E-state index contributed by atoms with van der Waals surface area (Å²) in [6.45, 7) is 0. The van der Waals surface area contributed by atoms with Gasteiger partial charge in [-0.05, 0) is 29.8 Å². The molecule has 0 aliphatic rings. The maximum atomic E-state index is 12.3. The Morgan fingerprint density at radius 3 is 2.60 bits per heavy atom. The highest BCUT2D eigenvalue weighted by Crippen LogP contribution is 2.28. The summed E-state index contributed by atoms with van der Waals surface area (Å²) in [6.07, 6.45) is 3.65. The minimum atomic E-state index is -0.140. The molecule has 0 spiro atoms. The number of nitrogens with one attached hydrogen (secondary N) is 1. The van der Waals surface area contributed by atoms with Crippen molar-refractivity contribution in [1.82, 2.24) is 9.97 Å². The SMILES string of the molecule is COc1ccc(CC(=O)Nc2csc(-c3ccncc3)n2)cc1OC. The Balaban J connectivity index is 1.66. The summed E-state index contributed by atoms with van der Waals surface area (Å²) < 4.78 is 10.5. The molecule has 0 aliphatic heterocycles. The molecule has 0 atom stereocenters. The lowest BCUT2D eigenvalue weighted by Crippen LogP contribution is -2.14. The lowest BCUT2D eigenvalue weighted by atomic mass is 10.1. The van der Waals surface area contributed by atoms with Crippen LogP contribution in [0.25, 0.3) is 10.6 Å². The number of aromatic nitrogens is 2. The van der Waals surface area contributed by atoms with Crippen LogP contribution in [0.15, 0.2) is 48.1 Å². The van der Waals surface area contributed by atoms with E-state index < -0.39 is 0 Å². The third-order valence-electron chi connectivity index (χ3n) is 3.51. The van der Waals surface area contributed by atoms with Gasteiger partial charge in [0.05, 0.1) is 20.6 Å². The van der Waals surface area contributed by atoms with Gasteiger partial charge in [0.25, 0.3) is 0 Å². The highest BCUT2D eigenvalue weighted by Gasteiger charge is 2.11. The van der Waals surface area contributed by atoms with E-state index in [0.717, 1.165) is 16.1 Å². The van der Waals surface area contributed by atoms with Crippen LogP contribution in [0.1, 0.15) is 5.56 Å². The van der Waals surface area contributed by atoms with Gasteiger partial charge in [0, 0.05) is 23.3 Å². The number of ether oxygens (including phenoxy) is 2. The Hall–Kier alpha value is -2.93. The molecule has 25 heavy (non-hydrogen) atoms. The van der Waals surface area contributed by atoms with E-state index in [2.05, 4.69) is 15.3 Å². The highest BCUT2D eigenvalue weighted by atomic mass is 32.1. The monoisotopic (exact) mass is 355 g/mol. The van der Waals surface area contributed by atoms with E-state index in [9.17, 15) is 4.79 Å². The lowest BCUT2D eigenvalue weighted by Gasteiger charge is -2.09. The maximum Gasteiger partial charge on any atom is 0.229 e. The molecule has 3 aromatic rings. The fourth-order valence-electron chi connectivity index (χ4n) is 2.32. The number of methoxy groups -OCH3 is 2.